The van der Waals surface area contributed by atoms with Crippen molar-refractivity contribution in [3.8, 4) is 0 Å². The Hall–Kier alpha value is -0.300. The van der Waals surface area contributed by atoms with Gasteiger partial charge >= 0.3 is 0 Å². The second-order valence-corrected chi connectivity index (χ2v) is 14.1. The second kappa shape index (κ2) is 7.10. The molecular formula is C30H50O. The summed E-state index contributed by atoms with van der Waals surface area (Å²) in [6.07, 6.45) is 15.0. The van der Waals surface area contributed by atoms with Gasteiger partial charge in [0.1, 0.15) is 0 Å². The van der Waals surface area contributed by atoms with E-state index in [0.29, 0.717) is 33.5 Å². The lowest BCUT2D eigenvalue weighted by Crippen LogP contribution is -2.55. The molecule has 1 nitrogen and oxygen atoms in total. The summed E-state index contributed by atoms with van der Waals surface area (Å²) >= 11 is 0. The lowest BCUT2D eigenvalue weighted by molar-refractivity contribution is -0.136. The highest BCUT2D eigenvalue weighted by atomic mass is 16.3. The average molecular weight is 427 g/mol. The Morgan fingerprint density at radius 2 is 1.65 bits per heavy atom. The maximum atomic E-state index is 10.6. The molecule has 5 aliphatic carbocycles. The van der Waals surface area contributed by atoms with Crippen LogP contribution in [0.2, 0.25) is 0 Å². The number of fused-ring (bicyclic) bond motifs is 2. The highest BCUT2D eigenvalue weighted by Crippen LogP contribution is 2.88. The molecule has 5 aliphatic rings. The zero-order valence-electron chi connectivity index (χ0n) is 21.5. The van der Waals surface area contributed by atoms with Crippen molar-refractivity contribution in [2.24, 2.45) is 57.2 Å². The summed E-state index contributed by atoms with van der Waals surface area (Å²) in [7, 11) is 0. The Bertz CT molecular complexity index is 739. The summed E-state index contributed by atoms with van der Waals surface area (Å²) in [5, 5.41) is 10.6. The summed E-state index contributed by atoms with van der Waals surface area (Å²) < 4.78 is 0. The minimum Gasteiger partial charge on any atom is -0.393 e. The molecule has 31 heavy (non-hydrogen) atoms. The molecule has 2 spiro atoms. The molecule has 5 saturated carbocycles. The molecule has 0 bridgehead atoms. The third-order valence-corrected chi connectivity index (χ3v) is 12.9. The minimum absolute atomic E-state index is 0.0409. The predicted octanol–water partition coefficient (Wildman–Crippen LogP) is 8.02. The quantitative estimate of drug-likeness (QED) is 0.441. The van der Waals surface area contributed by atoms with Gasteiger partial charge in [0.15, 0.2) is 0 Å². The van der Waals surface area contributed by atoms with Gasteiger partial charge in [-0.1, -0.05) is 60.1 Å². The molecule has 0 aliphatic heterocycles. The summed E-state index contributed by atoms with van der Waals surface area (Å²) in [6.45, 7) is 19.7. The lowest BCUT2D eigenvalue weighted by Gasteiger charge is -2.62. The molecule has 1 heteroatoms. The van der Waals surface area contributed by atoms with E-state index in [1.807, 2.05) is 0 Å². The van der Waals surface area contributed by atoms with Crippen molar-refractivity contribution in [3.63, 3.8) is 0 Å². The largest absolute Gasteiger partial charge is 0.393 e. The van der Waals surface area contributed by atoms with E-state index in [9.17, 15) is 5.11 Å². The summed E-state index contributed by atoms with van der Waals surface area (Å²) in [5.74, 6) is 4.44. The Kier molecular flexibility index (Phi) is 5.15. The average Bonchev–Trinajstić information content (AvgIpc) is 3.31. The van der Waals surface area contributed by atoms with Gasteiger partial charge in [0.05, 0.1) is 6.10 Å². The third kappa shape index (κ3) is 2.77. The van der Waals surface area contributed by atoms with Crippen LogP contribution >= 0.6 is 0 Å². The lowest BCUT2D eigenvalue weighted by atomic mass is 9.43. The van der Waals surface area contributed by atoms with Crippen molar-refractivity contribution >= 4 is 0 Å². The van der Waals surface area contributed by atoms with Gasteiger partial charge in [0.25, 0.3) is 0 Å². The van der Waals surface area contributed by atoms with E-state index in [1.165, 1.54) is 64.2 Å². The topological polar surface area (TPSA) is 20.2 Å². The van der Waals surface area contributed by atoms with E-state index in [1.54, 1.807) is 5.57 Å². The number of allylic oxidation sites excluding steroid dienone is 1. The van der Waals surface area contributed by atoms with Gasteiger partial charge in [-0.25, -0.2) is 0 Å². The highest BCUT2D eigenvalue weighted by molar-refractivity contribution is 5.31. The molecule has 0 amide bonds. The van der Waals surface area contributed by atoms with Crippen LogP contribution in [-0.2, 0) is 0 Å². The molecule has 5 rings (SSSR count). The molecule has 0 aromatic carbocycles. The van der Waals surface area contributed by atoms with Crippen LogP contribution in [0.25, 0.3) is 0 Å². The number of hydrogen-bond acceptors (Lipinski definition) is 1. The third-order valence-electron chi connectivity index (χ3n) is 12.9. The molecule has 5 fully saturated rings. The number of rotatable bonds is 5. The van der Waals surface area contributed by atoms with Crippen LogP contribution in [0.4, 0.5) is 0 Å². The van der Waals surface area contributed by atoms with E-state index in [0.717, 1.165) is 30.1 Å². The molecule has 0 aromatic heterocycles. The first-order valence-electron chi connectivity index (χ1n) is 13.9. The van der Waals surface area contributed by atoms with Crippen molar-refractivity contribution in [1.29, 1.82) is 0 Å². The second-order valence-electron chi connectivity index (χ2n) is 14.1. The van der Waals surface area contributed by atoms with Gasteiger partial charge in [0.2, 0.25) is 0 Å². The van der Waals surface area contributed by atoms with Crippen LogP contribution in [0.15, 0.2) is 12.2 Å². The van der Waals surface area contributed by atoms with Crippen LogP contribution in [0.1, 0.15) is 112 Å². The molecule has 0 unspecified atom stereocenters. The van der Waals surface area contributed by atoms with E-state index >= 15 is 0 Å². The maximum absolute atomic E-state index is 10.6. The first-order chi connectivity index (χ1) is 14.5. The predicted molar refractivity (Wildman–Crippen MR) is 131 cm³/mol. The van der Waals surface area contributed by atoms with E-state index in [2.05, 4.69) is 41.5 Å². The van der Waals surface area contributed by atoms with Crippen LogP contribution in [0.5, 0.6) is 0 Å². The zero-order chi connectivity index (χ0) is 22.4. The highest BCUT2D eigenvalue weighted by Gasteiger charge is 2.81. The molecule has 176 valence electrons. The van der Waals surface area contributed by atoms with E-state index < -0.39 is 0 Å². The van der Waals surface area contributed by atoms with Gasteiger partial charge in [-0.3, -0.25) is 0 Å². The zero-order valence-corrected chi connectivity index (χ0v) is 21.5. The minimum atomic E-state index is -0.0409. The smallest absolute Gasteiger partial charge is 0.0568 e. The fourth-order valence-electron chi connectivity index (χ4n) is 10.7. The monoisotopic (exact) mass is 426 g/mol. The Morgan fingerprint density at radius 1 is 0.903 bits per heavy atom. The molecule has 1 N–H and O–H groups in total. The van der Waals surface area contributed by atoms with Crippen molar-refractivity contribution < 1.29 is 5.11 Å². The standard InChI is InChI=1S/C30H50O/c1-19(2)8-9-20(3)21(4)23-12-14-28(7)26-11-10-24-22(5)25(31)13-15-29(24)18-30(26,29)17-16-27(23,28)6/h19-20,22-26,31H,4,8-18H2,1-3,5-7H3/t20-,22+,23-,24+,25+,26+,27-,28+,29-,30+/m1/s1. The maximum Gasteiger partial charge on any atom is 0.0568 e. The Balaban J connectivity index is 1.40. The number of hydrogen-bond donors (Lipinski definition) is 1. The molecule has 0 saturated heterocycles. The fraction of sp³-hybridized carbons (Fsp3) is 0.933. The molecule has 10 atom stereocenters. The van der Waals surface area contributed by atoms with Crippen LogP contribution < -0.4 is 0 Å². The van der Waals surface area contributed by atoms with Crippen molar-refractivity contribution in [2.45, 2.75) is 118 Å². The van der Waals surface area contributed by atoms with Crippen molar-refractivity contribution in [1.82, 2.24) is 0 Å². The SMILES string of the molecule is C=C([C@H](C)CCC(C)C)[C@H]1CC[C@@]2(C)[C@@H]3CC[C@H]4[C@H](C)[C@@H](O)CC[C@@]45C[C@@]35CC[C@]12C. The first-order valence-corrected chi connectivity index (χ1v) is 13.9. The van der Waals surface area contributed by atoms with E-state index in [4.69, 9.17) is 6.58 Å². The van der Waals surface area contributed by atoms with Gasteiger partial charge in [-0.05, 0) is 121 Å². The summed E-state index contributed by atoms with van der Waals surface area (Å²) in [6, 6.07) is 0. The molecule has 0 aromatic rings. The van der Waals surface area contributed by atoms with Crippen LogP contribution in [0, 0.1) is 57.2 Å². The van der Waals surface area contributed by atoms with Crippen molar-refractivity contribution in [3.05, 3.63) is 12.2 Å². The molecule has 0 heterocycles. The Labute approximate surface area is 192 Å². The van der Waals surface area contributed by atoms with Crippen LogP contribution in [-0.4, -0.2) is 11.2 Å². The van der Waals surface area contributed by atoms with Gasteiger partial charge in [-0.15, -0.1) is 0 Å². The number of aliphatic hydroxyl groups excluding tert-OH is 1. The summed E-state index contributed by atoms with van der Waals surface area (Å²) in [5.41, 5.74) is 3.75. The fourth-order valence-corrected chi connectivity index (χ4v) is 10.7. The summed E-state index contributed by atoms with van der Waals surface area (Å²) in [4.78, 5) is 0. The van der Waals surface area contributed by atoms with Crippen molar-refractivity contribution in [2.75, 3.05) is 0 Å². The van der Waals surface area contributed by atoms with E-state index in [-0.39, 0.29) is 6.10 Å². The van der Waals surface area contributed by atoms with Gasteiger partial charge in [-0.2, -0.15) is 0 Å². The first kappa shape index (κ1) is 22.5. The Morgan fingerprint density at radius 3 is 2.35 bits per heavy atom. The number of aliphatic hydroxyl groups is 1. The van der Waals surface area contributed by atoms with Gasteiger partial charge in [0, 0.05) is 0 Å². The molecular weight excluding hydrogens is 376 g/mol. The molecule has 0 radical (unpaired) electrons. The van der Waals surface area contributed by atoms with Crippen LogP contribution in [0.3, 0.4) is 0 Å². The van der Waals surface area contributed by atoms with Gasteiger partial charge < -0.3 is 5.11 Å². The normalized spacial score (nSPS) is 53.9.